The van der Waals surface area contributed by atoms with E-state index >= 15 is 0 Å². The van der Waals surface area contributed by atoms with Crippen molar-refractivity contribution < 1.29 is 13.6 Å². The van der Waals surface area contributed by atoms with E-state index in [9.17, 15) is 9.18 Å². The number of anilines is 1. The first-order valence-corrected chi connectivity index (χ1v) is 8.88. The number of aromatic nitrogens is 3. The maximum atomic E-state index is 13.0. The third-order valence-electron chi connectivity index (χ3n) is 3.52. The Morgan fingerprint density at radius 2 is 1.96 bits per heavy atom. The van der Waals surface area contributed by atoms with Crippen LogP contribution in [0.2, 0.25) is 0 Å². The number of pyridine rings is 1. The predicted octanol–water partition coefficient (Wildman–Crippen LogP) is 4.03. The lowest BCUT2D eigenvalue weighted by Gasteiger charge is -2.17. The molecule has 1 aromatic carbocycles. The lowest BCUT2D eigenvalue weighted by molar-refractivity contribution is -0.116. The molecule has 8 heteroatoms. The number of hydrogen-bond acceptors (Lipinski definition) is 6. The Hall–Kier alpha value is -2.74. The highest BCUT2D eigenvalue weighted by Crippen LogP contribution is 2.30. The topological polar surface area (TPSA) is 80.9 Å². The fourth-order valence-electron chi connectivity index (χ4n) is 2.21. The maximum Gasteiger partial charge on any atom is 0.277 e. The quantitative estimate of drug-likeness (QED) is 0.658. The summed E-state index contributed by atoms with van der Waals surface area (Å²) >= 11 is 1.20. The summed E-state index contributed by atoms with van der Waals surface area (Å²) in [6.07, 6.45) is 3.28. The molecule has 2 aromatic heterocycles. The van der Waals surface area contributed by atoms with Crippen molar-refractivity contribution in [3.05, 3.63) is 54.6 Å². The first kappa shape index (κ1) is 18.1. The van der Waals surface area contributed by atoms with Gasteiger partial charge in [0.05, 0.1) is 10.8 Å². The van der Waals surface area contributed by atoms with Gasteiger partial charge in [-0.25, -0.2) is 4.39 Å². The highest BCUT2D eigenvalue weighted by Gasteiger charge is 2.26. The lowest BCUT2D eigenvalue weighted by Crippen LogP contribution is -2.29. The minimum Gasteiger partial charge on any atom is -0.411 e. The monoisotopic (exact) mass is 372 g/mol. The molecule has 1 atom stereocenters. The molecule has 1 amide bonds. The molecule has 0 bridgehead atoms. The predicted molar refractivity (Wildman–Crippen MR) is 97.0 cm³/mol. The van der Waals surface area contributed by atoms with Crippen LogP contribution in [0.15, 0.2) is 58.4 Å². The Balaban J connectivity index is 1.71. The van der Waals surface area contributed by atoms with Gasteiger partial charge in [0.2, 0.25) is 11.8 Å². The number of carbonyl (C=O) groups is 1. The summed E-state index contributed by atoms with van der Waals surface area (Å²) in [7, 11) is 0. The molecule has 0 aliphatic heterocycles. The molecule has 0 aliphatic carbocycles. The van der Waals surface area contributed by atoms with Crippen molar-refractivity contribution in [2.75, 3.05) is 5.32 Å². The summed E-state index contributed by atoms with van der Waals surface area (Å²) in [6.45, 7) is 3.86. The number of amides is 1. The Bertz CT molecular complexity index is 868. The molecule has 26 heavy (non-hydrogen) atoms. The smallest absolute Gasteiger partial charge is 0.277 e. The standard InChI is InChI=1S/C18H17FN4O2S/c1-11(2)15(16(24)21-14-7-5-13(19)6-8-14)26-18-23-22-17(25-18)12-4-3-9-20-10-12/h3-11,15H,1-2H3,(H,21,24). The van der Waals surface area contributed by atoms with Crippen LogP contribution in [0.3, 0.4) is 0 Å². The summed E-state index contributed by atoms with van der Waals surface area (Å²) in [4.78, 5) is 16.6. The fourth-order valence-corrected chi connectivity index (χ4v) is 3.08. The molecule has 0 aliphatic rings. The van der Waals surface area contributed by atoms with E-state index in [1.165, 1.54) is 36.0 Å². The maximum absolute atomic E-state index is 13.0. The largest absolute Gasteiger partial charge is 0.411 e. The number of nitrogens with one attached hydrogen (secondary N) is 1. The number of rotatable bonds is 6. The number of benzene rings is 1. The SMILES string of the molecule is CC(C)C(Sc1nnc(-c2cccnc2)o1)C(=O)Nc1ccc(F)cc1. The van der Waals surface area contributed by atoms with Gasteiger partial charge < -0.3 is 9.73 Å². The molecular formula is C18H17FN4O2S. The van der Waals surface area contributed by atoms with Crippen LogP contribution in [-0.4, -0.2) is 26.3 Å². The zero-order chi connectivity index (χ0) is 18.5. The van der Waals surface area contributed by atoms with Crippen LogP contribution in [0, 0.1) is 11.7 Å². The second kappa shape index (κ2) is 8.09. The van der Waals surface area contributed by atoms with Crippen molar-refractivity contribution in [3.63, 3.8) is 0 Å². The number of halogens is 1. The van der Waals surface area contributed by atoms with Crippen LogP contribution in [0.25, 0.3) is 11.5 Å². The minimum absolute atomic E-state index is 0.0224. The van der Waals surface area contributed by atoms with Crippen LogP contribution in [0.5, 0.6) is 0 Å². The molecule has 2 heterocycles. The summed E-state index contributed by atoms with van der Waals surface area (Å²) in [5, 5.41) is 10.6. The summed E-state index contributed by atoms with van der Waals surface area (Å²) in [5.41, 5.74) is 1.24. The van der Waals surface area contributed by atoms with Crippen molar-refractivity contribution in [1.29, 1.82) is 0 Å². The van der Waals surface area contributed by atoms with Gasteiger partial charge in [0.25, 0.3) is 5.22 Å². The average molecular weight is 372 g/mol. The fraction of sp³-hybridized carbons (Fsp3) is 0.222. The van der Waals surface area contributed by atoms with Gasteiger partial charge >= 0.3 is 0 Å². The van der Waals surface area contributed by atoms with Crippen molar-refractivity contribution in [3.8, 4) is 11.5 Å². The number of nitrogens with zero attached hydrogens (tertiary/aromatic N) is 3. The second-order valence-electron chi connectivity index (χ2n) is 5.89. The van der Waals surface area contributed by atoms with E-state index in [1.807, 2.05) is 19.9 Å². The van der Waals surface area contributed by atoms with Crippen molar-refractivity contribution in [2.24, 2.45) is 5.92 Å². The number of hydrogen-bond donors (Lipinski definition) is 1. The van der Waals surface area contributed by atoms with Crippen LogP contribution in [0.1, 0.15) is 13.8 Å². The van der Waals surface area contributed by atoms with Gasteiger partial charge in [-0.05, 0) is 42.3 Å². The first-order chi connectivity index (χ1) is 12.5. The van der Waals surface area contributed by atoms with Gasteiger partial charge in [-0.15, -0.1) is 10.2 Å². The normalized spacial score (nSPS) is 12.2. The molecule has 3 aromatic rings. The molecule has 0 radical (unpaired) electrons. The van der Waals surface area contributed by atoms with Gasteiger partial charge in [-0.2, -0.15) is 0 Å². The Labute approximate surface area is 154 Å². The highest BCUT2D eigenvalue weighted by molar-refractivity contribution is 8.00. The van der Waals surface area contributed by atoms with E-state index < -0.39 is 5.25 Å². The van der Waals surface area contributed by atoms with Crippen molar-refractivity contribution in [1.82, 2.24) is 15.2 Å². The molecule has 6 nitrogen and oxygen atoms in total. The molecule has 3 rings (SSSR count). The zero-order valence-electron chi connectivity index (χ0n) is 14.2. The van der Waals surface area contributed by atoms with Gasteiger partial charge in [0.1, 0.15) is 5.82 Å². The van der Waals surface area contributed by atoms with Crippen molar-refractivity contribution in [2.45, 2.75) is 24.3 Å². The van der Waals surface area contributed by atoms with E-state index in [0.717, 1.165) is 0 Å². The summed E-state index contributed by atoms with van der Waals surface area (Å²) < 4.78 is 18.6. The Kier molecular flexibility index (Phi) is 5.62. The Morgan fingerprint density at radius 1 is 1.19 bits per heavy atom. The van der Waals surface area contributed by atoms with Gasteiger partial charge in [0.15, 0.2) is 0 Å². The molecule has 0 saturated heterocycles. The van der Waals surface area contributed by atoms with E-state index in [-0.39, 0.29) is 17.6 Å². The molecule has 134 valence electrons. The van der Waals surface area contributed by atoms with Crippen LogP contribution in [0.4, 0.5) is 10.1 Å². The van der Waals surface area contributed by atoms with Gasteiger partial charge in [-0.3, -0.25) is 9.78 Å². The third-order valence-corrected chi connectivity index (χ3v) is 4.90. The average Bonchev–Trinajstić information content (AvgIpc) is 3.11. The van der Waals surface area contributed by atoms with E-state index in [4.69, 9.17) is 4.42 Å². The van der Waals surface area contributed by atoms with Crippen molar-refractivity contribution >= 4 is 23.4 Å². The zero-order valence-corrected chi connectivity index (χ0v) is 15.0. The molecule has 1 unspecified atom stereocenters. The third kappa shape index (κ3) is 4.45. The molecule has 0 saturated carbocycles. The van der Waals surface area contributed by atoms with Crippen LogP contribution in [-0.2, 0) is 4.79 Å². The second-order valence-corrected chi connectivity index (χ2v) is 6.99. The minimum atomic E-state index is -0.442. The molecule has 0 spiro atoms. The highest BCUT2D eigenvalue weighted by atomic mass is 32.2. The van der Waals surface area contributed by atoms with E-state index in [0.29, 0.717) is 22.4 Å². The number of carbonyl (C=O) groups excluding carboxylic acids is 1. The molecular weight excluding hydrogens is 355 g/mol. The molecule has 1 N–H and O–H groups in total. The summed E-state index contributed by atoms with van der Waals surface area (Å²) in [5.74, 6) is -0.194. The summed E-state index contributed by atoms with van der Waals surface area (Å²) in [6, 6.07) is 9.22. The van der Waals surface area contributed by atoms with Crippen LogP contribution < -0.4 is 5.32 Å². The van der Waals surface area contributed by atoms with Crippen LogP contribution >= 0.6 is 11.8 Å². The Morgan fingerprint density at radius 3 is 2.62 bits per heavy atom. The molecule has 0 fully saturated rings. The van der Waals surface area contributed by atoms with Gasteiger partial charge in [-0.1, -0.05) is 25.6 Å². The lowest BCUT2D eigenvalue weighted by atomic mass is 10.1. The van der Waals surface area contributed by atoms with Gasteiger partial charge in [0, 0.05) is 18.1 Å². The number of thioether (sulfide) groups is 1. The first-order valence-electron chi connectivity index (χ1n) is 8.00. The van der Waals surface area contributed by atoms with E-state index in [1.54, 1.807) is 18.5 Å². The van der Waals surface area contributed by atoms with E-state index in [2.05, 4.69) is 20.5 Å².